The first-order chi connectivity index (χ1) is 4.35. The van der Waals surface area contributed by atoms with Gasteiger partial charge in [0.25, 0.3) is 0 Å². The molecule has 0 saturated heterocycles. The van der Waals surface area contributed by atoms with E-state index in [2.05, 4.69) is 5.32 Å². The molecule has 0 aliphatic heterocycles. The Morgan fingerprint density at radius 1 is 1.67 bits per heavy atom. The highest BCUT2D eigenvalue weighted by Crippen LogP contribution is 1.77. The topological polar surface area (TPSA) is 32.3 Å². The van der Waals surface area contributed by atoms with Crippen molar-refractivity contribution in [3.63, 3.8) is 0 Å². The predicted molar refractivity (Wildman–Crippen MR) is 37.2 cm³/mol. The molecular weight excluding hydrogens is 116 g/mol. The van der Waals surface area contributed by atoms with Crippen molar-refractivity contribution in [2.45, 2.75) is 6.92 Å². The van der Waals surface area contributed by atoms with Gasteiger partial charge >= 0.3 is 0 Å². The molecule has 0 spiro atoms. The van der Waals surface area contributed by atoms with Gasteiger partial charge < -0.3 is 10.2 Å². The number of hydrogen-bond donors (Lipinski definition) is 1. The Morgan fingerprint density at radius 2 is 2.33 bits per heavy atom. The van der Waals surface area contributed by atoms with Gasteiger partial charge in [-0.3, -0.25) is 4.79 Å². The maximum absolute atomic E-state index is 10.1. The Hall–Kier alpha value is -0.570. The number of hydrogen-bond acceptors (Lipinski definition) is 2. The van der Waals surface area contributed by atoms with Crippen molar-refractivity contribution < 1.29 is 4.79 Å². The first-order valence-electron chi connectivity index (χ1n) is 3.19. The summed E-state index contributed by atoms with van der Waals surface area (Å²) in [6.07, 6.45) is 0.872. The van der Waals surface area contributed by atoms with Gasteiger partial charge in [0.15, 0.2) is 0 Å². The average Bonchev–Trinajstić information content (AvgIpc) is 1.91. The van der Waals surface area contributed by atoms with Gasteiger partial charge in [-0.25, -0.2) is 0 Å². The lowest BCUT2D eigenvalue weighted by Gasteiger charge is -2.12. The van der Waals surface area contributed by atoms with Crippen LogP contribution in [0.4, 0.5) is 0 Å². The second-order valence-corrected chi connectivity index (χ2v) is 1.84. The van der Waals surface area contributed by atoms with E-state index in [1.54, 1.807) is 4.90 Å². The number of likely N-dealkylation sites (N-methyl/N-ethyl adjacent to an activating group) is 2. The van der Waals surface area contributed by atoms with Gasteiger partial charge in [-0.05, 0) is 14.0 Å². The fourth-order valence-corrected chi connectivity index (χ4v) is 0.541. The molecule has 0 atom stereocenters. The first-order valence-corrected chi connectivity index (χ1v) is 3.19. The molecule has 1 amide bonds. The van der Waals surface area contributed by atoms with Crippen LogP contribution in [0, 0.1) is 0 Å². The van der Waals surface area contributed by atoms with Crippen LogP contribution in [0.15, 0.2) is 0 Å². The SMILES string of the molecule is CCN(C=O)CCNC. The van der Waals surface area contributed by atoms with E-state index in [0.29, 0.717) is 0 Å². The molecule has 0 fully saturated rings. The van der Waals surface area contributed by atoms with Gasteiger partial charge in [0.1, 0.15) is 0 Å². The number of amides is 1. The van der Waals surface area contributed by atoms with Gasteiger partial charge in [0.05, 0.1) is 0 Å². The van der Waals surface area contributed by atoms with Crippen LogP contribution in [0.25, 0.3) is 0 Å². The van der Waals surface area contributed by atoms with E-state index in [0.717, 1.165) is 26.0 Å². The van der Waals surface area contributed by atoms with Gasteiger partial charge in [-0.15, -0.1) is 0 Å². The van der Waals surface area contributed by atoms with Crippen molar-refractivity contribution in [3.8, 4) is 0 Å². The summed E-state index contributed by atoms with van der Waals surface area (Å²) < 4.78 is 0. The van der Waals surface area contributed by atoms with Crippen molar-refractivity contribution >= 4 is 6.41 Å². The molecular formula is C6H14N2O. The molecule has 0 radical (unpaired) electrons. The zero-order valence-electron chi connectivity index (χ0n) is 6.05. The van der Waals surface area contributed by atoms with Crippen molar-refractivity contribution in [1.82, 2.24) is 10.2 Å². The summed E-state index contributed by atoms with van der Waals surface area (Å²) in [5.74, 6) is 0. The molecule has 0 aromatic carbocycles. The zero-order chi connectivity index (χ0) is 7.11. The van der Waals surface area contributed by atoms with Crippen molar-refractivity contribution in [3.05, 3.63) is 0 Å². The minimum absolute atomic E-state index is 0.797. The smallest absolute Gasteiger partial charge is 0.209 e. The summed E-state index contributed by atoms with van der Waals surface area (Å²) in [7, 11) is 1.87. The Morgan fingerprint density at radius 3 is 2.67 bits per heavy atom. The molecule has 0 heterocycles. The van der Waals surface area contributed by atoms with Crippen LogP contribution in [0.2, 0.25) is 0 Å². The monoisotopic (exact) mass is 130 g/mol. The Kier molecular flexibility index (Phi) is 5.21. The number of nitrogens with zero attached hydrogens (tertiary/aromatic N) is 1. The number of rotatable bonds is 5. The van der Waals surface area contributed by atoms with Crippen LogP contribution in [0.1, 0.15) is 6.92 Å². The third-order valence-corrected chi connectivity index (χ3v) is 1.20. The molecule has 9 heavy (non-hydrogen) atoms. The third kappa shape index (κ3) is 3.97. The van der Waals surface area contributed by atoms with Gasteiger partial charge in [0, 0.05) is 19.6 Å². The van der Waals surface area contributed by atoms with Crippen LogP contribution in [0.3, 0.4) is 0 Å². The molecule has 0 rings (SSSR count). The number of nitrogens with one attached hydrogen (secondary N) is 1. The van der Waals surface area contributed by atoms with E-state index in [-0.39, 0.29) is 0 Å². The molecule has 1 N–H and O–H groups in total. The van der Waals surface area contributed by atoms with E-state index in [1.165, 1.54) is 0 Å². The van der Waals surface area contributed by atoms with E-state index in [4.69, 9.17) is 0 Å². The summed E-state index contributed by atoms with van der Waals surface area (Å²) in [5.41, 5.74) is 0. The van der Waals surface area contributed by atoms with Crippen LogP contribution in [-0.4, -0.2) is 38.0 Å². The molecule has 0 saturated carbocycles. The van der Waals surface area contributed by atoms with E-state index in [9.17, 15) is 4.79 Å². The normalized spacial score (nSPS) is 9.11. The Bertz CT molecular complexity index is 75.5. The van der Waals surface area contributed by atoms with Gasteiger partial charge in [0.2, 0.25) is 6.41 Å². The molecule has 0 aromatic rings. The van der Waals surface area contributed by atoms with E-state index >= 15 is 0 Å². The molecule has 0 unspecified atom stereocenters. The van der Waals surface area contributed by atoms with Gasteiger partial charge in [-0.1, -0.05) is 0 Å². The highest BCUT2D eigenvalue weighted by atomic mass is 16.1. The second kappa shape index (κ2) is 5.56. The zero-order valence-corrected chi connectivity index (χ0v) is 6.05. The number of carbonyl (C=O) groups is 1. The number of carbonyl (C=O) groups excluding carboxylic acids is 1. The van der Waals surface area contributed by atoms with E-state index in [1.807, 2.05) is 14.0 Å². The molecule has 3 heteroatoms. The largest absolute Gasteiger partial charge is 0.344 e. The Balaban J connectivity index is 3.20. The molecule has 0 aliphatic carbocycles. The van der Waals surface area contributed by atoms with Crippen molar-refractivity contribution in [2.75, 3.05) is 26.7 Å². The fraction of sp³-hybridized carbons (Fsp3) is 0.833. The minimum atomic E-state index is 0.797. The van der Waals surface area contributed by atoms with Crippen LogP contribution in [0.5, 0.6) is 0 Å². The average molecular weight is 130 g/mol. The fourth-order valence-electron chi connectivity index (χ4n) is 0.541. The maximum atomic E-state index is 10.1. The van der Waals surface area contributed by atoms with Crippen LogP contribution in [-0.2, 0) is 4.79 Å². The lowest BCUT2D eigenvalue weighted by atomic mass is 10.5. The van der Waals surface area contributed by atoms with Gasteiger partial charge in [-0.2, -0.15) is 0 Å². The maximum Gasteiger partial charge on any atom is 0.209 e. The first kappa shape index (κ1) is 8.43. The van der Waals surface area contributed by atoms with Crippen molar-refractivity contribution in [2.24, 2.45) is 0 Å². The summed E-state index contributed by atoms with van der Waals surface area (Å²) in [4.78, 5) is 11.9. The van der Waals surface area contributed by atoms with Crippen LogP contribution >= 0.6 is 0 Å². The van der Waals surface area contributed by atoms with Crippen LogP contribution < -0.4 is 5.32 Å². The minimum Gasteiger partial charge on any atom is -0.344 e. The third-order valence-electron chi connectivity index (χ3n) is 1.20. The highest BCUT2D eigenvalue weighted by molar-refractivity contribution is 5.46. The highest BCUT2D eigenvalue weighted by Gasteiger charge is 1.93. The predicted octanol–water partition coefficient (Wildman–Crippen LogP) is -0.316. The molecule has 0 aromatic heterocycles. The molecule has 54 valence electrons. The lowest BCUT2D eigenvalue weighted by Crippen LogP contribution is -2.29. The molecule has 0 aliphatic rings. The summed E-state index contributed by atoms with van der Waals surface area (Å²) >= 11 is 0. The molecule has 0 bridgehead atoms. The standard InChI is InChI=1S/C6H14N2O/c1-3-8(6-9)5-4-7-2/h6-7H,3-5H2,1-2H3. The molecule has 3 nitrogen and oxygen atoms in total. The summed E-state index contributed by atoms with van der Waals surface area (Å²) in [5, 5.41) is 2.97. The quantitative estimate of drug-likeness (QED) is 0.517. The summed E-state index contributed by atoms with van der Waals surface area (Å²) in [6, 6.07) is 0. The van der Waals surface area contributed by atoms with Crippen molar-refractivity contribution in [1.29, 1.82) is 0 Å². The Labute approximate surface area is 56.0 Å². The second-order valence-electron chi connectivity index (χ2n) is 1.84. The lowest BCUT2D eigenvalue weighted by molar-refractivity contribution is -0.117. The van der Waals surface area contributed by atoms with E-state index < -0.39 is 0 Å². The summed E-state index contributed by atoms with van der Waals surface area (Å²) in [6.45, 7) is 4.43.